The molecule has 14 heavy (non-hydrogen) atoms. The number of rotatable bonds is 5. The third kappa shape index (κ3) is 3.56. The molecule has 0 aliphatic rings. The van der Waals surface area contributed by atoms with E-state index in [-0.39, 0.29) is 0 Å². The molecule has 0 heterocycles. The molecule has 0 saturated heterocycles. The molecule has 1 aromatic rings. The van der Waals surface area contributed by atoms with E-state index in [9.17, 15) is 0 Å². The SMILES string of the molecule is COCCCOc1cc(C)ccc1Cl. The summed E-state index contributed by atoms with van der Waals surface area (Å²) in [5.41, 5.74) is 1.15. The molecule has 0 radical (unpaired) electrons. The highest BCUT2D eigenvalue weighted by atomic mass is 35.5. The Bertz CT molecular complexity index is 287. The van der Waals surface area contributed by atoms with Gasteiger partial charge >= 0.3 is 0 Å². The van der Waals surface area contributed by atoms with Crippen LogP contribution in [0.1, 0.15) is 12.0 Å². The third-order valence-electron chi connectivity index (χ3n) is 1.84. The minimum absolute atomic E-state index is 0.636. The van der Waals surface area contributed by atoms with E-state index in [4.69, 9.17) is 21.1 Å². The molecule has 0 atom stereocenters. The van der Waals surface area contributed by atoms with Gasteiger partial charge in [0.15, 0.2) is 0 Å². The molecule has 0 aromatic heterocycles. The first-order valence-electron chi connectivity index (χ1n) is 4.62. The van der Waals surface area contributed by atoms with Crippen LogP contribution in [0.2, 0.25) is 5.02 Å². The average molecular weight is 215 g/mol. The first kappa shape index (κ1) is 11.3. The number of benzene rings is 1. The lowest BCUT2D eigenvalue weighted by Crippen LogP contribution is -2.01. The van der Waals surface area contributed by atoms with Crippen LogP contribution >= 0.6 is 11.6 Å². The molecule has 1 aromatic carbocycles. The largest absolute Gasteiger partial charge is 0.492 e. The van der Waals surface area contributed by atoms with Crippen LogP contribution in [-0.2, 0) is 4.74 Å². The van der Waals surface area contributed by atoms with Crippen LogP contribution in [0.3, 0.4) is 0 Å². The summed E-state index contributed by atoms with van der Waals surface area (Å²) in [6.07, 6.45) is 0.876. The predicted molar refractivity (Wildman–Crippen MR) is 58.2 cm³/mol. The maximum absolute atomic E-state index is 5.95. The monoisotopic (exact) mass is 214 g/mol. The standard InChI is InChI=1S/C11H15ClO2/c1-9-4-5-10(12)11(8-9)14-7-3-6-13-2/h4-5,8H,3,6-7H2,1-2H3. The first-order chi connectivity index (χ1) is 6.74. The molecular weight excluding hydrogens is 200 g/mol. The van der Waals surface area contributed by atoms with Gasteiger partial charge in [-0.25, -0.2) is 0 Å². The van der Waals surface area contributed by atoms with Gasteiger partial charge in [0.25, 0.3) is 0 Å². The number of methoxy groups -OCH3 is 1. The minimum atomic E-state index is 0.636. The van der Waals surface area contributed by atoms with Gasteiger partial charge in [-0.3, -0.25) is 0 Å². The Morgan fingerprint density at radius 2 is 2.07 bits per heavy atom. The van der Waals surface area contributed by atoms with Crippen molar-refractivity contribution in [3.8, 4) is 5.75 Å². The molecule has 0 spiro atoms. The van der Waals surface area contributed by atoms with Crippen LogP contribution < -0.4 is 4.74 Å². The summed E-state index contributed by atoms with van der Waals surface area (Å²) >= 11 is 5.95. The smallest absolute Gasteiger partial charge is 0.138 e. The highest BCUT2D eigenvalue weighted by Gasteiger charge is 2.00. The van der Waals surface area contributed by atoms with E-state index >= 15 is 0 Å². The fourth-order valence-corrected chi connectivity index (χ4v) is 1.28. The van der Waals surface area contributed by atoms with Crippen molar-refractivity contribution in [3.05, 3.63) is 28.8 Å². The van der Waals surface area contributed by atoms with Crippen LogP contribution in [0.5, 0.6) is 5.75 Å². The summed E-state index contributed by atoms with van der Waals surface area (Å²) < 4.78 is 10.4. The van der Waals surface area contributed by atoms with Crippen molar-refractivity contribution < 1.29 is 9.47 Å². The molecule has 0 saturated carbocycles. The van der Waals surface area contributed by atoms with Gasteiger partial charge in [0.2, 0.25) is 0 Å². The second kappa shape index (κ2) is 5.89. The first-order valence-corrected chi connectivity index (χ1v) is 4.99. The summed E-state index contributed by atoms with van der Waals surface area (Å²) in [6, 6.07) is 5.75. The van der Waals surface area contributed by atoms with Crippen LogP contribution in [0, 0.1) is 6.92 Å². The van der Waals surface area contributed by atoms with E-state index in [0.29, 0.717) is 18.2 Å². The predicted octanol–water partition coefficient (Wildman–Crippen LogP) is 3.06. The van der Waals surface area contributed by atoms with Gasteiger partial charge in [0, 0.05) is 20.1 Å². The van der Waals surface area contributed by atoms with E-state index in [2.05, 4.69) is 0 Å². The zero-order chi connectivity index (χ0) is 10.4. The Hall–Kier alpha value is -0.730. The van der Waals surface area contributed by atoms with Gasteiger partial charge in [0.05, 0.1) is 11.6 Å². The van der Waals surface area contributed by atoms with Gasteiger partial charge in [-0.05, 0) is 24.6 Å². The van der Waals surface area contributed by atoms with E-state index in [1.54, 1.807) is 7.11 Å². The van der Waals surface area contributed by atoms with Crippen LogP contribution in [0.4, 0.5) is 0 Å². The fourth-order valence-electron chi connectivity index (χ4n) is 1.11. The second-order valence-electron chi connectivity index (χ2n) is 3.13. The van der Waals surface area contributed by atoms with Gasteiger partial charge in [-0.15, -0.1) is 0 Å². The second-order valence-corrected chi connectivity index (χ2v) is 3.54. The zero-order valence-corrected chi connectivity index (χ0v) is 9.30. The quantitative estimate of drug-likeness (QED) is 0.702. The number of halogens is 1. The molecule has 0 amide bonds. The number of ether oxygens (including phenoxy) is 2. The highest BCUT2D eigenvalue weighted by molar-refractivity contribution is 6.32. The van der Waals surface area contributed by atoms with Crippen molar-refractivity contribution in [3.63, 3.8) is 0 Å². The summed E-state index contributed by atoms with van der Waals surface area (Å²) in [4.78, 5) is 0. The molecule has 0 fully saturated rings. The number of hydrogen-bond donors (Lipinski definition) is 0. The molecule has 0 bridgehead atoms. The van der Waals surface area contributed by atoms with Crippen molar-refractivity contribution in [1.82, 2.24) is 0 Å². The Kier molecular flexibility index (Phi) is 4.77. The van der Waals surface area contributed by atoms with Gasteiger partial charge < -0.3 is 9.47 Å². The lowest BCUT2D eigenvalue weighted by molar-refractivity contribution is 0.172. The minimum Gasteiger partial charge on any atom is -0.492 e. The molecule has 0 N–H and O–H groups in total. The highest BCUT2D eigenvalue weighted by Crippen LogP contribution is 2.25. The van der Waals surface area contributed by atoms with Crippen molar-refractivity contribution in [2.24, 2.45) is 0 Å². The molecular formula is C11H15ClO2. The summed E-state index contributed by atoms with van der Waals surface area (Å²) in [6.45, 7) is 3.36. The average Bonchev–Trinajstić information content (AvgIpc) is 2.18. The van der Waals surface area contributed by atoms with Crippen LogP contribution in [0.25, 0.3) is 0 Å². The molecule has 2 nitrogen and oxygen atoms in total. The van der Waals surface area contributed by atoms with Gasteiger partial charge in [-0.1, -0.05) is 17.7 Å². The number of aryl methyl sites for hydroxylation is 1. The van der Waals surface area contributed by atoms with Gasteiger partial charge in [0.1, 0.15) is 5.75 Å². The third-order valence-corrected chi connectivity index (χ3v) is 2.15. The maximum Gasteiger partial charge on any atom is 0.138 e. The van der Waals surface area contributed by atoms with Crippen LogP contribution in [0.15, 0.2) is 18.2 Å². The molecule has 0 aliphatic carbocycles. The van der Waals surface area contributed by atoms with Crippen molar-refractivity contribution >= 4 is 11.6 Å². The Labute approximate surface area is 89.8 Å². The fraction of sp³-hybridized carbons (Fsp3) is 0.455. The lowest BCUT2D eigenvalue weighted by atomic mass is 10.2. The van der Waals surface area contributed by atoms with Crippen molar-refractivity contribution in [2.75, 3.05) is 20.3 Å². The summed E-state index contributed by atoms with van der Waals surface area (Å²) in [7, 11) is 1.68. The summed E-state index contributed by atoms with van der Waals surface area (Å²) in [5, 5.41) is 0.660. The molecule has 1 rings (SSSR count). The van der Waals surface area contributed by atoms with Crippen molar-refractivity contribution in [2.45, 2.75) is 13.3 Å². The number of hydrogen-bond acceptors (Lipinski definition) is 2. The molecule has 3 heteroatoms. The molecule has 0 aliphatic heterocycles. The Morgan fingerprint density at radius 1 is 1.29 bits per heavy atom. The van der Waals surface area contributed by atoms with E-state index < -0.39 is 0 Å². The van der Waals surface area contributed by atoms with Gasteiger partial charge in [-0.2, -0.15) is 0 Å². The molecule has 0 unspecified atom stereocenters. The topological polar surface area (TPSA) is 18.5 Å². The van der Waals surface area contributed by atoms with Crippen molar-refractivity contribution in [1.29, 1.82) is 0 Å². The zero-order valence-electron chi connectivity index (χ0n) is 8.55. The summed E-state index contributed by atoms with van der Waals surface area (Å²) in [5.74, 6) is 0.753. The molecule has 78 valence electrons. The Morgan fingerprint density at radius 3 is 2.79 bits per heavy atom. The Balaban J connectivity index is 2.45. The lowest BCUT2D eigenvalue weighted by Gasteiger charge is -2.08. The normalized spacial score (nSPS) is 10.2. The van der Waals surface area contributed by atoms with Crippen LogP contribution in [-0.4, -0.2) is 20.3 Å². The van der Waals surface area contributed by atoms with E-state index in [1.807, 2.05) is 25.1 Å². The van der Waals surface area contributed by atoms with E-state index in [0.717, 1.165) is 17.7 Å². The van der Waals surface area contributed by atoms with E-state index in [1.165, 1.54) is 0 Å². The maximum atomic E-state index is 5.95.